The van der Waals surface area contributed by atoms with Crippen molar-refractivity contribution in [3.8, 4) is 0 Å². The number of hydrogen-bond donors (Lipinski definition) is 3. The molecular formula is C8H20N2O. The Morgan fingerprint density at radius 1 is 1.36 bits per heavy atom. The Labute approximate surface area is 68.8 Å². The van der Waals surface area contributed by atoms with E-state index in [0.717, 1.165) is 12.8 Å². The van der Waals surface area contributed by atoms with E-state index < -0.39 is 6.10 Å². The van der Waals surface area contributed by atoms with Crippen LogP contribution >= 0.6 is 0 Å². The van der Waals surface area contributed by atoms with Crippen LogP contribution in [0.5, 0.6) is 0 Å². The maximum absolute atomic E-state index is 9.18. The first kappa shape index (κ1) is 10.9. The molecule has 0 radical (unpaired) electrons. The van der Waals surface area contributed by atoms with E-state index in [1.165, 1.54) is 12.8 Å². The summed E-state index contributed by atoms with van der Waals surface area (Å²) in [6.07, 6.45) is 3.82. The molecule has 68 valence electrons. The van der Waals surface area contributed by atoms with Crippen LogP contribution in [0.4, 0.5) is 0 Å². The predicted octanol–water partition coefficient (Wildman–Crippen LogP) is 0.214. The average Bonchev–Trinajstić information content (AvgIpc) is 2.03. The van der Waals surface area contributed by atoms with Crippen molar-refractivity contribution < 1.29 is 5.11 Å². The topological polar surface area (TPSA) is 72.3 Å². The fourth-order valence-electron chi connectivity index (χ4n) is 0.997. The Kier molecular flexibility index (Phi) is 6.51. The number of hydrogen-bond acceptors (Lipinski definition) is 3. The van der Waals surface area contributed by atoms with E-state index in [4.69, 9.17) is 11.5 Å². The molecule has 0 saturated carbocycles. The van der Waals surface area contributed by atoms with Gasteiger partial charge in [0.25, 0.3) is 0 Å². The van der Waals surface area contributed by atoms with E-state index in [1.807, 2.05) is 0 Å². The molecule has 0 saturated heterocycles. The maximum atomic E-state index is 9.18. The van der Waals surface area contributed by atoms with Gasteiger partial charge in [-0.15, -0.1) is 0 Å². The summed E-state index contributed by atoms with van der Waals surface area (Å²) >= 11 is 0. The highest BCUT2D eigenvalue weighted by Gasteiger charge is 2.11. The van der Waals surface area contributed by atoms with E-state index in [-0.39, 0.29) is 12.6 Å². The molecule has 0 rings (SSSR count). The van der Waals surface area contributed by atoms with Gasteiger partial charge in [0.15, 0.2) is 0 Å². The summed E-state index contributed by atoms with van der Waals surface area (Å²) in [6.45, 7) is 2.41. The smallest absolute Gasteiger partial charge is 0.0813 e. The first-order chi connectivity index (χ1) is 5.22. The molecular weight excluding hydrogens is 140 g/mol. The van der Waals surface area contributed by atoms with Crippen LogP contribution < -0.4 is 11.5 Å². The lowest BCUT2D eigenvalue weighted by atomic mass is 10.0. The van der Waals surface area contributed by atoms with Gasteiger partial charge in [0.2, 0.25) is 0 Å². The standard InChI is InChI=1S/C8H20N2O/c1-2-3-4-5-7(10)8(11)6-9/h7-8,11H,2-6,9-10H2,1H3. The van der Waals surface area contributed by atoms with Crippen LogP contribution in [0, 0.1) is 0 Å². The minimum absolute atomic E-state index is 0.133. The minimum Gasteiger partial charge on any atom is -0.390 e. The third kappa shape index (κ3) is 5.18. The first-order valence-electron chi connectivity index (χ1n) is 4.36. The summed E-state index contributed by atoms with van der Waals surface area (Å²) in [7, 11) is 0. The number of rotatable bonds is 6. The predicted molar refractivity (Wildman–Crippen MR) is 47.2 cm³/mol. The lowest BCUT2D eigenvalue weighted by Crippen LogP contribution is -2.39. The summed E-state index contributed by atoms with van der Waals surface area (Å²) in [5.41, 5.74) is 10.9. The second-order valence-corrected chi connectivity index (χ2v) is 2.96. The van der Waals surface area contributed by atoms with Crippen LogP contribution in [0.15, 0.2) is 0 Å². The second kappa shape index (κ2) is 6.58. The van der Waals surface area contributed by atoms with Gasteiger partial charge in [-0.2, -0.15) is 0 Å². The average molecular weight is 160 g/mol. The van der Waals surface area contributed by atoms with Gasteiger partial charge in [-0.3, -0.25) is 0 Å². The highest BCUT2D eigenvalue weighted by Crippen LogP contribution is 2.03. The van der Waals surface area contributed by atoms with Gasteiger partial charge in [-0.05, 0) is 6.42 Å². The maximum Gasteiger partial charge on any atom is 0.0813 e. The molecule has 0 aliphatic carbocycles. The highest BCUT2D eigenvalue weighted by molar-refractivity contribution is 4.71. The Bertz CT molecular complexity index is 88.2. The van der Waals surface area contributed by atoms with Crippen LogP contribution in [0.2, 0.25) is 0 Å². The van der Waals surface area contributed by atoms with E-state index in [1.54, 1.807) is 0 Å². The summed E-state index contributed by atoms with van der Waals surface area (Å²) in [5, 5.41) is 9.18. The van der Waals surface area contributed by atoms with Crippen molar-refractivity contribution in [1.29, 1.82) is 0 Å². The molecule has 0 fully saturated rings. The molecule has 0 spiro atoms. The van der Waals surface area contributed by atoms with Gasteiger partial charge in [0, 0.05) is 12.6 Å². The van der Waals surface area contributed by atoms with Crippen molar-refractivity contribution in [2.45, 2.75) is 44.8 Å². The van der Waals surface area contributed by atoms with Crippen LogP contribution in [0.25, 0.3) is 0 Å². The van der Waals surface area contributed by atoms with Crippen LogP contribution in [0.3, 0.4) is 0 Å². The molecule has 2 atom stereocenters. The fourth-order valence-corrected chi connectivity index (χ4v) is 0.997. The zero-order chi connectivity index (χ0) is 8.69. The lowest BCUT2D eigenvalue weighted by Gasteiger charge is -2.16. The minimum atomic E-state index is -0.521. The quantitative estimate of drug-likeness (QED) is 0.486. The largest absolute Gasteiger partial charge is 0.390 e. The van der Waals surface area contributed by atoms with Crippen LogP contribution in [0.1, 0.15) is 32.6 Å². The molecule has 0 aromatic rings. The molecule has 0 aliphatic heterocycles. The van der Waals surface area contributed by atoms with Crippen molar-refractivity contribution in [3.63, 3.8) is 0 Å². The SMILES string of the molecule is CCCCCC(N)C(O)CN. The molecule has 0 amide bonds. The third-order valence-corrected chi connectivity index (χ3v) is 1.88. The van der Waals surface area contributed by atoms with Crippen LogP contribution in [-0.4, -0.2) is 23.8 Å². The molecule has 0 aromatic carbocycles. The van der Waals surface area contributed by atoms with Gasteiger partial charge in [0.05, 0.1) is 6.10 Å². The van der Waals surface area contributed by atoms with Crippen molar-refractivity contribution >= 4 is 0 Å². The number of aliphatic hydroxyl groups is 1. The Hall–Kier alpha value is -0.120. The molecule has 0 aliphatic rings. The number of aliphatic hydroxyl groups excluding tert-OH is 1. The highest BCUT2D eigenvalue weighted by atomic mass is 16.3. The fraction of sp³-hybridized carbons (Fsp3) is 1.00. The van der Waals surface area contributed by atoms with E-state index >= 15 is 0 Å². The van der Waals surface area contributed by atoms with E-state index in [9.17, 15) is 5.11 Å². The molecule has 3 nitrogen and oxygen atoms in total. The van der Waals surface area contributed by atoms with Crippen LogP contribution in [-0.2, 0) is 0 Å². The zero-order valence-corrected chi connectivity index (χ0v) is 7.29. The Morgan fingerprint density at radius 3 is 2.45 bits per heavy atom. The van der Waals surface area contributed by atoms with E-state index in [0.29, 0.717) is 0 Å². The van der Waals surface area contributed by atoms with E-state index in [2.05, 4.69) is 6.92 Å². The van der Waals surface area contributed by atoms with Crippen molar-refractivity contribution in [1.82, 2.24) is 0 Å². The van der Waals surface area contributed by atoms with Gasteiger partial charge in [-0.1, -0.05) is 26.2 Å². The zero-order valence-electron chi connectivity index (χ0n) is 7.29. The third-order valence-electron chi connectivity index (χ3n) is 1.88. The summed E-state index contributed by atoms with van der Waals surface area (Å²) in [4.78, 5) is 0. The number of nitrogens with two attached hydrogens (primary N) is 2. The monoisotopic (exact) mass is 160 g/mol. The first-order valence-corrected chi connectivity index (χ1v) is 4.36. The lowest BCUT2D eigenvalue weighted by molar-refractivity contribution is 0.147. The van der Waals surface area contributed by atoms with Gasteiger partial charge in [-0.25, -0.2) is 0 Å². The summed E-state index contributed by atoms with van der Waals surface area (Å²) < 4.78 is 0. The molecule has 2 unspecified atom stereocenters. The van der Waals surface area contributed by atoms with Gasteiger partial charge >= 0.3 is 0 Å². The second-order valence-electron chi connectivity index (χ2n) is 2.96. The summed E-state index contributed by atoms with van der Waals surface area (Å²) in [6, 6.07) is -0.133. The molecule has 0 aromatic heterocycles. The number of unbranched alkanes of at least 4 members (excludes halogenated alkanes) is 2. The Balaban J connectivity index is 3.28. The molecule has 11 heavy (non-hydrogen) atoms. The molecule has 0 heterocycles. The molecule has 3 heteroatoms. The van der Waals surface area contributed by atoms with Crippen molar-refractivity contribution in [3.05, 3.63) is 0 Å². The van der Waals surface area contributed by atoms with Gasteiger partial charge in [0.1, 0.15) is 0 Å². The Morgan fingerprint density at radius 2 is 2.00 bits per heavy atom. The normalized spacial score (nSPS) is 16.4. The van der Waals surface area contributed by atoms with Crippen molar-refractivity contribution in [2.75, 3.05) is 6.54 Å². The van der Waals surface area contributed by atoms with Gasteiger partial charge < -0.3 is 16.6 Å². The van der Waals surface area contributed by atoms with Crippen molar-refractivity contribution in [2.24, 2.45) is 11.5 Å². The molecule has 5 N–H and O–H groups in total. The summed E-state index contributed by atoms with van der Waals surface area (Å²) in [5.74, 6) is 0. The molecule has 0 bridgehead atoms.